The number of hydrogen-bond acceptors (Lipinski definition) is 7. The maximum Gasteiger partial charge on any atom is 0.338 e. The summed E-state index contributed by atoms with van der Waals surface area (Å²) in [5.74, 6) is -0.619. The molecule has 1 unspecified atom stereocenters. The first-order valence-electron chi connectivity index (χ1n) is 9.17. The van der Waals surface area contributed by atoms with Crippen LogP contribution in [0.4, 0.5) is 4.39 Å². The first kappa shape index (κ1) is 20.5. The van der Waals surface area contributed by atoms with Gasteiger partial charge in [0.2, 0.25) is 5.91 Å². The molecule has 1 fully saturated rings. The Kier molecular flexibility index (Phi) is 5.57. The van der Waals surface area contributed by atoms with Gasteiger partial charge in [0.1, 0.15) is 11.9 Å². The topological polar surface area (TPSA) is 83.9 Å². The van der Waals surface area contributed by atoms with Gasteiger partial charge in [0.05, 0.1) is 18.7 Å². The number of nitrogens with one attached hydrogen (secondary N) is 1. The van der Waals surface area contributed by atoms with Crippen molar-refractivity contribution in [2.45, 2.75) is 25.4 Å². The first-order chi connectivity index (χ1) is 14.4. The van der Waals surface area contributed by atoms with E-state index in [0.717, 1.165) is 0 Å². The van der Waals surface area contributed by atoms with Gasteiger partial charge in [0.15, 0.2) is 10.8 Å². The maximum atomic E-state index is 13.6. The number of rotatable bonds is 4. The molecule has 0 saturated carbocycles. The van der Waals surface area contributed by atoms with Gasteiger partial charge in [-0.25, -0.2) is 14.2 Å². The maximum absolute atomic E-state index is 13.6. The Bertz CT molecular complexity index is 1070. The van der Waals surface area contributed by atoms with Crippen molar-refractivity contribution >= 4 is 40.6 Å². The molecule has 0 radical (unpaired) electrons. The zero-order valence-electron chi connectivity index (χ0n) is 16.2. The van der Waals surface area contributed by atoms with Crippen molar-refractivity contribution in [2.75, 3.05) is 13.7 Å². The van der Waals surface area contributed by atoms with Crippen molar-refractivity contribution in [1.82, 2.24) is 15.2 Å². The number of amidine groups is 1. The van der Waals surface area contributed by atoms with Crippen molar-refractivity contribution in [3.63, 3.8) is 0 Å². The summed E-state index contributed by atoms with van der Waals surface area (Å²) in [5, 5.41) is 5.56. The standard InChI is InChI=1S/C20H18ClFN4O3S/c1-10(27)24-12-8-15-16(20(28)29-2)17(13-4-3-11(22)7-14(13)21)25-18(26(15)9-12)19-23-5-6-30-19/h3-7,12,17H,8-9H2,1-2H3,(H,24,27)/t12-,17?/m0/s1. The average molecular weight is 449 g/mol. The third-order valence-corrected chi connectivity index (χ3v) is 6.05. The average Bonchev–Trinajstić information content (AvgIpc) is 3.35. The second kappa shape index (κ2) is 8.16. The second-order valence-corrected chi connectivity index (χ2v) is 8.22. The van der Waals surface area contributed by atoms with Crippen molar-refractivity contribution in [3.8, 4) is 0 Å². The van der Waals surface area contributed by atoms with E-state index in [-0.39, 0.29) is 17.0 Å². The quantitative estimate of drug-likeness (QED) is 0.727. The molecule has 10 heteroatoms. The fourth-order valence-electron chi connectivity index (χ4n) is 3.80. The molecular formula is C20H18ClFN4O3S. The van der Waals surface area contributed by atoms with Crippen LogP contribution in [-0.4, -0.2) is 47.3 Å². The van der Waals surface area contributed by atoms with Gasteiger partial charge >= 0.3 is 5.97 Å². The van der Waals surface area contributed by atoms with E-state index in [9.17, 15) is 14.0 Å². The summed E-state index contributed by atoms with van der Waals surface area (Å²) in [7, 11) is 1.30. The van der Waals surface area contributed by atoms with Crippen LogP contribution in [0.25, 0.3) is 0 Å². The van der Waals surface area contributed by atoms with Gasteiger partial charge in [-0.15, -0.1) is 11.3 Å². The Morgan fingerprint density at radius 2 is 2.20 bits per heavy atom. The predicted molar refractivity (Wildman–Crippen MR) is 111 cm³/mol. The third-order valence-electron chi connectivity index (χ3n) is 4.95. The van der Waals surface area contributed by atoms with Gasteiger partial charge in [0.25, 0.3) is 0 Å². The number of thiazole rings is 1. The van der Waals surface area contributed by atoms with Crippen LogP contribution in [0, 0.1) is 5.82 Å². The Balaban J connectivity index is 1.89. The number of carbonyl (C=O) groups excluding carboxylic acids is 2. The highest BCUT2D eigenvalue weighted by Crippen LogP contribution is 2.42. The highest BCUT2D eigenvalue weighted by molar-refractivity contribution is 7.11. The summed E-state index contributed by atoms with van der Waals surface area (Å²) in [4.78, 5) is 35.5. The van der Waals surface area contributed by atoms with Crippen LogP contribution in [0.15, 0.2) is 46.0 Å². The Morgan fingerprint density at radius 1 is 1.40 bits per heavy atom. The molecule has 1 amide bonds. The molecule has 1 aromatic heterocycles. The zero-order chi connectivity index (χ0) is 21.4. The summed E-state index contributed by atoms with van der Waals surface area (Å²) in [5.41, 5.74) is 1.49. The van der Waals surface area contributed by atoms with E-state index in [1.807, 2.05) is 10.3 Å². The van der Waals surface area contributed by atoms with Gasteiger partial charge in [-0.3, -0.25) is 9.79 Å². The first-order valence-corrected chi connectivity index (χ1v) is 10.4. The molecule has 1 saturated heterocycles. The molecule has 0 aliphatic carbocycles. The molecule has 3 heterocycles. The van der Waals surface area contributed by atoms with Crippen LogP contribution in [0.5, 0.6) is 0 Å². The molecule has 2 aliphatic rings. The second-order valence-electron chi connectivity index (χ2n) is 6.92. The lowest BCUT2D eigenvalue weighted by molar-refractivity contribution is -0.136. The van der Waals surface area contributed by atoms with Gasteiger partial charge in [-0.05, 0) is 12.1 Å². The van der Waals surface area contributed by atoms with E-state index in [0.29, 0.717) is 40.6 Å². The van der Waals surface area contributed by atoms with E-state index in [1.165, 1.54) is 43.6 Å². The monoisotopic (exact) mass is 448 g/mol. The van der Waals surface area contributed by atoms with Crippen molar-refractivity contribution in [3.05, 3.63) is 62.5 Å². The molecule has 1 N–H and O–H groups in total. The van der Waals surface area contributed by atoms with Crippen molar-refractivity contribution in [2.24, 2.45) is 4.99 Å². The van der Waals surface area contributed by atoms with Crippen LogP contribution in [0.2, 0.25) is 5.02 Å². The Labute approximate surface area is 181 Å². The van der Waals surface area contributed by atoms with Gasteiger partial charge in [0, 0.05) is 47.7 Å². The minimum atomic E-state index is -0.785. The van der Waals surface area contributed by atoms with Crippen LogP contribution in [0.3, 0.4) is 0 Å². The summed E-state index contributed by atoms with van der Waals surface area (Å²) >= 11 is 7.73. The molecule has 2 atom stereocenters. The lowest BCUT2D eigenvalue weighted by atomic mass is 9.94. The largest absolute Gasteiger partial charge is 0.466 e. The normalized spacial score (nSPS) is 20.7. The Hall–Kier alpha value is -2.78. The predicted octanol–water partition coefficient (Wildman–Crippen LogP) is 3.07. The summed E-state index contributed by atoms with van der Waals surface area (Å²) in [6.07, 6.45) is 2.09. The SMILES string of the molecule is COC(=O)C1=C2C[C@H](NC(C)=O)CN2C(c2nccs2)=NC1c1ccc(F)cc1Cl. The molecule has 7 nitrogen and oxygen atoms in total. The number of aromatic nitrogens is 1. The number of nitrogens with zero attached hydrogens (tertiary/aromatic N) is 3. The molecule has 0 spiro atoms. The minimum Gasteiger partial charge on any atom is -0.466 e. The fraction of sp³-hybridized carbons (Fsp3) is 0.300. The Morgan fingerprint density at radius 3 is 2.83 bits per heavy atom. The number of carbonyl (C=O) groups is 2. The summed E-state index contributed by atoms with van der Waals surface area (Å²) < 4.78 is 18.7. The number of aliphatic imine (C=N–C) groups is 1. The number of benzene rings is 1. The van der Waals surface area contributed by atoms with Gasteiger partial charge in [-0.1, -0.05) is 17.7 Å². The van der Waals surface area contributed by atoms with Crippen molar-refractivity contribution in [1.29, 1.82) is 0 Å². The molecule has 0 bridgehead atoms. The number of halogens is 2. The number of esters is 1. The van der Waals surface area contributed by atoms with Crippen molar-refractivity contribution < 1.29 is 18.7 Å². The number of hydrogen-bond donors (Lipinski definition) is 1. The third kappa shape index (κ3) is 3.70. The number of ether oxygens (including phenoxy) is 1. The lowest BCUT2D eigenvalue weighted by Crippen LogP contribution is -2.39. The zero-order valence-corrected chi connectivity index (χ0v) is 17.8. The van der Waals surface area contributed by atoms with Crippen LogP contribution in [-0.2, 0) is 14.3 Å². The van der Waals surface area contributed by atoms with Crippen LogP contribution >= 0.6 is 22.9 Å². The highest BCUT2D eigenvalue weighted by Gasteiger charge is 2.42. The number of methoxy groups -OCH3 is 1. The number of amides is 1. The van der Waals surface area contributed by atoms with E-state index in [4.69, 9.17) is 21.3 Å². The molecule has 1 aromatic carbocycles. The minimum absolute atomic E-state index is 0.161. The molecule has 156 valence electrons. The van der Waals surface area contributed by atoms with Crippen LogP contribution < -0.4 is 5.32 Å². The smallest absolute Gasteiger partial charge is 0.338 e. The molecule has 4 rings (SSSR count). The van der Waals surface area contributed by atoms with E-state index >= 15 is 0 Å². The lowest BCUT2D eigenvalue weighted by Gasteiger charge is -2.31. The molecule has 2 aliphatic heterocycles. The van der Waals surface area contributed by atoms with E-state index in [2.05, 4.69) is 10.3 Å². The van der Waals surface area contributed by atoms with Gasteiger partial charge < -0.3 is 15.0 Å². The summed E-state index contributed by atoms with van der Waals surface area (Å²) in [6.45, 7) is 1.89. The molecular weight excluding hydrogens is 431 g/mol. The van der Waals surface area contributed by atoms with E-state index < -0.39 is 17.8 Å². The van der Waals surface area contributed by atoms with Crippen LogP contribution in [0.1, 0.15) is 30.0 Å². The molecule has 30 heavy (non-hydrogen) atoms. The highest BCUT2D eigenvalue weighted by atomic mass is 35.5. The fourth-order valence-corrected chi connectivity index (χ4v) is 4.71. The van der Waals surface area contributed by atoms with E-state index in [1.54, 1.807) is 6.20 Å². The summed E-state index contributed by atoms with van der Waals surface area (Å²) in [6, 6.07) is 3.00. The van der Waals surface area contributed by atoms with Gasteiger partial charge in [-0.2, -0.15) is 0 Å². The molecule has 2 aromatic rings. The number of fused-ring (bicyclic) bond motifs is 1.